The van der Waals surface area contributed by atoms with Crippen molar-refractivity contribution in [3.63, 3.8) is 0 Å². The number of anilines is 2. The van der Waals surface area contributed by atoms with Crippen LogP contribution in [0.25, 0.3) is 10.9 Å². The van der Waals surface area contributed by atoms with Crippen molar-refractivity contribution in [1.82, 2.24) is 45.5 Å². The average Bonchev–Trinajstić information content (AvgIpc) is 3.71. The number of piperazine rings is 1. The number of amides is 4. The van der Waals surface area contributed by atoms with Crippen LogP contribution in [0.5, 0.6) is 5.75 Å². The zero-order chi connectivity index (χ0) is 44.9. The lowest BCUT2D eigenvalue weighted by Gasteiger charge is -2.34. The normalized spacial score (nSPS) is 18.7. The summed E-state index contributed by atoms with van der Waals surface area (Å²) in [5.41, 5.74) is 3.36. The molecule has 0 aliphatic carbocycles. The highest BCUT2D eigenvalue weighted by molar-refractivity contribution is 7.92. The summed E-state index contributed by atoms with van der Waals surface area (Å²) in [7, 11) is -3.80. The molecular formula is C43H56N10O9S. The first-order chi connectivity index (χ1) is 30.1. The first kappa shape index (κ1) is 45.5. The maximum Gasteiger partial charge on any atom is 0.256 e. The van der Waals surface area contributed by atoms with Crippen LogP contribution >= 0.6 is 0 Å². The lowest BCUT2D eigenvalue weighted by Crippen LogP contribution is -2.56. The Morgan fingerprint density at radius 1 is 0.921 bits per heavy atom. The van der Waals surface area contributed by atoms with Gasteiger partial charge in [0.15, 0.2) is 15.7 Å². The zero-order valence-corrected chi connectivity index (χ0v) is 37.2. The van der Waals surface area contributed by atoms with Crippen LogP contribution in [0.3, 0.4) is 0 Å². The summed E-state index contributed by atoms with van der Waals surface area (Å²) in [5.74, 6) is -0.483. The van der Waals surface area contributed by atoms with Gasteiger partial charge < -0.3 is 34.6 Å². The van der Waals surface area contributed by atoms with Gasteiger partial charge in [-0.05, 0) is 59.6 Å². The quantitative estimate of drug-likeness (QED) is 0.0832. The molecule has 2 aromatic heterocycles. The Hall–Kier alpha value is -5.54. The molecule has 4 aromatic rings. The van der Waals surface area contributed by atoms with Gasteiger partial charge in [0, 0.05) is 79.5 Å². The Morgan fingerprint density at radius 3 is 2.37 bits per heavy atom. The van der Waals surface area contributed by atoms with E-state index < -0.39 is 44.5 Å². The topological polar surface area (TPSA) is 230 Å². The first-order valence-electron chi connectivity index (χ1n) is 21.2. The van der Waals surface area contributed by atoms with Crippen LogP contribution in [0.15, 0.2) is 47.6 Å². The fraction of sp³-hybridized carbons (Fsp3) is 0.512. The number of carbonyl (C=O) groups is 4. The molecule has 5 heterocycles. The molecule has 2 unspecified atom stereocenters. The Kier molecular flexibility index (Phi) is 14.1. The predicted octanol–water partition coefficient (Wildman–Crippen LogP) is 2.78. The standard InChI is InChI=1S/C43H56N10O9S/c1-27-28(2)49-50-38(27)48-39-31-23-35(63(58,59)43(3,4)5)34(24-32(31)44-26-45-39)62-19-8-13-51-14-16-52(17-15-51)18-20-60-21-22-61-25-37(55)46-40-29-9-6-7-10-30(29)42(57)53(40)33-11-12-36(54)47-41(33)56/h6-7,9-10,23-24,26,33,40H,8,11-22,25H2,1-5H3,(H,46,55)(H,47,54,56)(H2,44,45,48,49,50). The minimum atomic E-state index is -3.80. The summed E-state index contributed by atoms with van der Waals surface area (Å²) in [5, 5.41) is 16.1. The number of sulfone groups is 1. The molecule has 2 atom stereocenters. The smallest absolute Gasteiger partial charge is 0.256 e. The minimum absolute atomic E-state index is 0.0906. The molecule has 2 aromatic carbocycles. The second-order valence-electron chi connectivity index (χ2n) is 16.9. The van der Waals surface area contributed by atoms with Gasteiger partial charge in [0.05, 0.1) is 36.7 Å². The fourth-order valence-corrected chi connectivity index (χ4v) is 9.08. The molecule has 7 rings (SSSR count). The Morgan fingerprint density at radius 2 is 1.65 bits per heavy atom. The van der Waals surface area contributed by atoms with Crippen LogP contribution in [0.1, 0.15) is 73.4 Å². The minimum Gasteiger partial charge on any atom is -0.492 e. The number of benzene rings is 2. The lowest BCUT2D eigenvalue weighted by molar-refractivity contribution is -0.139. The summed E-state index contributed by atoms with van der Waals surface area (Å²) in [6, 6.07) is 9.25. The molecule has 19 nitrogen and oxygen atoms in total. The van der Waals surface area contributed by atoms with Gasteiger partial charge in [-0.3, -0.25) is 34.5 Å². The number of aromatic nitrogens is 4. The van der Waals surface area contributed by atoms with Crippen LogP contribution in [0.4, 0.5) is 11.6 Å². The van der Waals surface area contributed by atoms with Crippen LogP contribution in [-0.2, 0) is 33.7 Å². The van der Waals surface area contributed by atoms with Crippen LogP contribution in [-0.4, -0.2) is 150 Å². The molecule has 2 saturated heterocycles. The number of hydrogen-bond acceptors (Lipinski definition) is 15. The molecule has 2 fully saturated rings. The summed E-state index contributed by atoms with van der Waals surface area (Å²) in [6.07, 6.45) is 1.54. The van der Waals surface area contributed by atoms with E-state index in [9.17, 15) is 27.6 Å². The molecule has 0 spiro atoms. The van der Waals surface area contributed by atoms with Crippen molar-refractivity contribution in [2.45, 2.75) is 75.7 Å². The molecule has 3 aliphatic rings. The van der Waals surface area contributed by atoms with Gasteiger partial charge >= 0.3 is 0 Å². The van der Waals surface area contributed by atoms with E-state index in [1.165, 1.54) is 11.2 Å². The molecule has 0 saturated carbocycles. The number of H-pyrrole nitrogens is 1. The number of piperidine rings is 1. The number of rotatable bonds is 18. The number of aryl methyl sites for hydroxylation is 1. The van der Waals surface area contributed by atoms with Gasteiger partial charge in [-0.2, -0.15) is 5.10 Å². The predicted molar refractivity (Wildman–Crippen MR) is 232 cm³/mol. The van der Waals surface area contributed by atoms with E-state index >= 15 is 0 Å². The second kappa shape index (κ2) is 19.5. The molecule has 338 valence electrons. The highest BCUT2D eigenvalue weighted by Gasteiger charge is 2.45. The van der Waals surface area contributed by atoms with Gasteiger partial charge in [0.1, 0.15) is 41.6 Å². The molecule has 0 bridgehead atoms. The van der Waals surface area contributed by atoms with E-state index in [2.05, 4.69) is 45.9 Å². The summed E-state index contributed by atoms with van der Waals surface area (Å²) >= 11 is 0. The van der Waals surface area contributed by atoms with Crippen molar-refractivity contribution in [2.75, 3.05) is 77.6 Å². The van der Waals surface area contributed by atoms with Crippen LogP contribution < -0.4 is 20.7 Å². The third-order valence-electron chi connectivity index (χ3n) is 11.6. The number of nitrogens with one attached hydrogen (secondary N) is 4. The second-order valence-corrected chi connectivity index (χ2v) is 19.6. The SMILES string of the molecule is Cc1[nH]nc(Nc2ncnc3cc(OCCCN4CCN(CCOCCOCC(=O)NC5c6ccccc6C(=O)N5C5CCC(=O)NC5=O)CC4)c(S(=O)(=O)C(C)(C)C)cc23)c1C. The number of hydrogen-bond donors (Lipinski definition) is 4. The number of carbonyl (C=O) groups excluding carboxylic acids is 4. The number of imide groups is 1. The summed E-state index contributed by atoms with van der Waals surface area (Å²) in [6.45, 7) is 14.9. The van der Waals surface area contributed by atoms with Crippen molar-refractivity contribution >= 4 is 56.0 Å². The lowest BCUT2D eigenvalue weighted by atomic mass is 10.0. The molecule has 4 N–H and O–H groups in total. The number of ether oxygens (including phenoxy) is 3. The first-order valence-corrected chi connectivity index (χ1v) is 22.7. The summed E-state index contributed by atoms with van der Waals surface area (Å²) < 4.78 is 44.2. The van der Waals surface area contributed by atoms with Crippen LogP contribution in [0.2, 0.25) is 0 Å². The number of aromatic amines is 1. The number of nitrogens with zero attached hydrogens (tertiary/aromatic N) is 6. The fourth-order valence-electron chi connectivity index (χ4n) is 7.77. The van der Waals surface area contributed by atoms with E-state index in [0.29, 0.717) is 59.9 Å². The Balaban J connectivity index is 0.812. The van der Waals surface area contributed by atoms with Crippen molar-refractivity contribution in [3.05, 3.63) is 65.1 Å². The van der Waals surface area contributed by atoms with E-state index in [1.807, 2.05) is 13.8 Å². The van der Waals surface area contributed by atoms with Gasteiger partial charge in [-0.25, -0.2) is 18.4 Å². The maximum atomic E-state index is 13.9. The van der Waals surface area contributed by atoms with Gasteiger partial charge in [-0.1, -0.05) is 18.2 Å². The molecule has 20 heteroatoms. The van der Waals surface area contributed by atoms with Crippen molar-refractivity contribution in [3.8, 4) is 5.75 Å². The number of fused-ring (bicyclic) bond motifs is 2. The zero-order valence-electron chi connectivity index (χ0n) is 36.4. The molecule has 0 radical (unpaired) electrons. The molecule has 3 aliphatic heterocycles. The highest BCUT2D eigenvalue weighted by atomic mass is 32.2. The van der Waals surface area contributed by atoms with Crippen LogP contribution in [0, 0.1) is 13.8 Å². The molecular weight excluding hydrogens is 833 g/mol. The third kappa shape index (κ3) is 10.3. The van der Waals surface area contributed by atoms with Crippen molar-refractivity contribution < 1.29 is 41.8 Å². The Labute approximate surface area is 366 Å². The van der Waals surface area contributed by atoms with Gasteiger partial charge in [0.2, 0.25) is 17.7 Å². The maximum absolute atomic E-state index is 13.9. The van der Waals surface area contributed by atoms with Crippen molar-refractivity contribution in [2.24, 2.45) is 0 Å². The van der Waals surface area contributed by atoms with E-state index in [1.54, 1.807) is 57.2 Å². The molecule has 63 heavy (non-hydrogen) atoms. The largest absolute Gasteiger partial charge is 0.492 e. The molecule has 4 amide bonds. The van der Waals surface area contributed by atoms with E-state index in [-0.39, 0.29) is 42.6 Å². The highest BCUT2D eigenvalue weighted by Crippen LogP contribution is 2.38. The van der Waals surface area contributed by atoms with E-state index in [0.717, 1.165) is 50.5 Å². The monoisotopic (exact) mass is 888 g/mol. The average molecular weight is 889 g/mol. The summed E-state index contributed by atoms with van der Waals surface area (Å²) in [4.78, 5) is 65.5. The van der Waals surface area contributed by atoms with E-state index in [4.69, 9.17) is 14.2 Å². The Bertz CT molecular complexity index is 2450. The van der Waals surface area contributed by atoms with Gasteiger partial charge in [-0.15, -0.1) is 0 Å². The van der Waals surface area contributed by atoms with Crippen molar-refractivity contribution in [1.29, 1.82) is 0 Å². The van der Waals surface area contributed by atoms with Gasteiger partial charge in [0.25, 0.3) is 5.91 Å². The third-order valence-corrected chi connectivity index (χ3v) is 14.1.